The van der Waals surface area contributed by atoms with E-state index in [0.29, 0.717) is 12.1 Å². The zero-order valence-electron chi connectivity index (χ0n) is 11.1. The van der Waals surface area contributed by atoms with Gasteiger partial charge in [0.2, 0.25) is 0 Å². The number of ether oxygens (including phenoxy) is 1. The minimum absolute atomic E-state index is 0.0973. The summed E-state index contributed by atoms with van der Waals surface area (Å²) in [7, 11) is 0. The first-order chi connectivity index (χ1) is 9.55. The van der Waals surface area contributed by atoms with Gasteiger partial charge in [0.25, 0.3) is 0 Å². The predicted octanol–water partition coefficient (Wildman–Crippen LogP) is 4.09. The van der Waals surface area contributed by atoms with Gasteiger partial charge in [0.05, 0.1) is 34.1 Å². The van der Waals surface area contributed by atoms with Crippen molar-refractivity contribution in [3.63, 3.8) is 0 Å². The summed E-state index contributed by atoms with van der Waals surface area (Å²) < 4.78 is 21.3. The van der Waals surface area contributed by atoms with E-state index in [4.69, 9.17) is 27.9 Å². The molecule has 1 aliphatic heterocycles. The predicted molar refractivity (Wildman–Crippen MR) is 78.0 cm³/mol. The topological polar surface area (TPSA) is 27.1 Å². The van der Waals surface area contributed by atoms with Crippen LogP contribution in [-0.4, -0.2) is 22.8 Å². The van der Waals surface area contributed by atoms with Crippen LogP contribution in [0.1, 0.15) is 25.6 Å². The summed E-state index contributed by atoms with van der Waals surface area (Å²) in [6.07, 6.45) is 1.95. The number of alkyl halides is 1. The van der Waals surface area contributed by atoms with E-state index < -0.39 is 5.82 Å². The second kappa shape index (κ2) is 5.17. The van der Waals surface area contributed by atoms with Crippen molar-refractivity contribution in [2.75, 3.05) is 13.2 Å². The first kappa shape index (κ1) is 14.1. The molecule has 0 N–H and O–H groups in total. The largest absolute Gasteiger partial charge is 0.379 e. The minimum atomic E-state index is -0.463. The lowest BCUT2D eigenvalue weighted by Crippen LogP contribution is -2.39. The molecule has 1 fully saturated rings. The molecule has 0 radical (unpaired) electrons. The fourth-order valence-corrected chi connectivity index (χ4v) is 3.25. The van der Waals surface area contributed by atoms with Crippen LogP contribution in [0.25, 0.3) is 11.0 Å². The first-order valence-corrected chi connectivity index (χ1v) is 7.47. The van der Waals surface area contributed by atoms with Crippen LogP contribution in [0.5, 0.6) is 0 Å². The van der Waals surface area contributed by atoms with Gasteiger partial charge in [-0.1, -0.05) is 11.6 Å². The van der Waals surface area contributed by atoms with Gasteiger partial charge >= 0.3 is 0 Å². The summed E-state index contributed by atoms with van der Waals surface area (Å²) in [4.78, 5) is 4.43. The summed E-state index contributed by atoms with van der Waals surface area (Å²) in [6, 6.07) is 2.98. The van der Waals surface area contributed by atoms with Crippen LogP contribution in [0.4, 0.5) is 4.39 Å². The highest BCUT2D eigenvalue weighted by molar-refractivity contribution is 6.31. The Morgan fingerprint density at radius 3 is 2.95 bits per heavy atom. The molecule has 108 valence electrons. The molecule has 0 saturated carbocycles. The van der Waals surface area contributed by atoms with Crippen molar-refractivity contribution in [2.45, 2.75) is 31.2 Å². The van der Waals surface area contributed by atoms with Crippen molar-refractivity contribution in [3.05, 3.63) is 28.8 Å². The Bertz CT molecular complexity index is 650. The lowest BCUT2D eigenvalue weighted by atomic mass is 9.94. The molecule has 0 spiro atoms. The number of imidazole rings is 1. The average molecular weight is 317 g/mol. The van der Waals surface area contributed by atoms with E-state index in [1.807, 2.05) is 0 Å². The average Bonchev–Trinajstić information content (AvgIpc) is 2.78. The monoisotopic (exact) mass is 316 g/mol. The number of benzene rings is 1. The van der Waals surface area contributed by atoms with Crippen molar-refractivity contribution < 1.29 is 9.13 Å². The number of fused-ring (bicyclic) bond motifs is 1. The molecule has 3 nitrogen and oxygen atoms in total. The zero-order valence-corrected chi connectivity index (χ0v) is 12.6. The molecule has 20 heavy (non-hydrogen) atoms. The van der Waals surface area contributed by atoms with Crippen molar-refractivity contribution in [1.29, 1.82) is 0 Å². The number of aromatic nitrogens is 2. The molecule has 0 aliphatic carbocycles. The van der Waals surface area contributed by atoms with Gasteiger partial charge in [0.15, 0.2) is 0 Å². The van der Waals surface area contributed by atoms with Crippen molar-refractivity contribution in [3.8, 4) is 0 Å². The number of hydrogen-bond donors (Lipinski definition) is 0. The molecular formula is C14H15Cl2FN2O. The fourth-order valence-electron chi connectivity index (χ4n) is 2.91. The Balaban J connectivity index is 2.24. The van der Waals surface area contributed by atoms with Crippen LogP contribution in [0.15, 0.2) is 12.1 Å². The lowest BCUT2D eigenvalue weighted by Gasteiger charge is -2.36. The number of hydrogen-bond acceptors (Lipinski definition) is 2. The lowest BCUT2D eigenvalue weighted by molar-refractivity contribution is 0.0104. The van der Waals surface area contributed by atoms with Crippen molar-refractivity contribution in [2.24, 2.45) is 0 Å². The van der Waals surface area contributed by atoms with Gasteiger partial charge in [-0.15, -0.1) is 11.6 Å². The second-order valence-electron chi connectivity index (χ2n) is 5.41. The van der Waals surface area contributed by atoms with Gasteiger partial charge in [-0.2, -0.15) is 0 Å². The third-order valence-corrected chi connectivity index (χ3v) is 4.37. The fraction of sp³-hybridized carbons (Fsp3) is 0.500. The maximum absolute atomic E-state index is 13.6. The Hall–Kier alpha value is -0.840. The second-order valence-corrected chi connectivity index (χ2v) is 6.08. The Morgan fingerprint density at radius 1 is 1.50 bits per heavy atom. The molecule has 2 aromatic rings. The molecule has 1 atom stereocenters. The Morgan fingerprint density at radius 2 is 2.30 bits per heavy atom. The first-order valence-electron chi connectivity index (χ1n) is 6.56. The molecule has 0 amide bonds. The van der Waals surface area contributed by atoms with E-state index in [2.05, 4.69) is 16.5 Å². The normalized spacial score (nSPS) is 23.4. The number of nitrogens with zero attached hydrogens (tertiary/aromatic N) is 2. The third-order valence-electron chi connectivity index (χ3n) is 3.84. The summed E-state index contributed by atoms with van der Waals surface area (Å²) >= 11 is 11.9. The van der Waals surface area contributed by atoms with Gasteiger partial charge < -0.3 is 9.30 Å². The third kappa shape index (κ3) is 2.20. The van der Waals surface area contributed by atoms with Gasteiger partial charge in [-0.25, -0.2) is 9.37 Å². The van der Waals surface area contributed by atoms with Gasteiger partial charge in [-0.05, 0) is 25.8 Å². The van der Waals surface area contributed by atoms with Crippen LogP contribution >= 0.6 is 23.2 Å². The van der Waals surface area contributed by atoms with Crippen molar-refractivity contribution in [1.82, 2.24) is 9.55 Å². The molecule has 1 unspecified atom stereocenters. The van der Waals surface area contributed by atoms with E-state index >= 15 is 0 Å². The molecule has 0 bridgehead atoms. The zero-order chi connectivity index (χ0) is 14.3. The van der Waals surface area contributed by atoms with Gasteiger partial charge in [-0.3, -0.25) is 0 Å². The summed E-state index contributed by atoms with van der Waals surface area (Å²) in [5.74, 6) is 0.523. The molecule has 1 saturated heterocycles. The highest BCUT2D eigenvalue weighted by atomic mass is 35.5. The van der Waals surface area contributed by atoms with Crippen molar-refractivity contribution >= 4 is 34.2 Å². The van der Waals surface area contributed by atoms with E-state index in [9.17, 15) is 4.39 Å². The molecule has 2 heterocycles. The van der Waals surface area contributed by atoms with Crippen LogP contribution in [0.3, 0.4) is 0 Å². The molecule has 3 rings (SSSR count). The maximum Gasteiger partial charge on any atom is 0.144 e. The van der Waals surface area contributed by atoms with E-state index in [1.165, 1.54) is 6.07 Å². The quantitative estimate of drug-likeness (QED) is 0.780. The molecule has 1 aromatic carbocycles. The number of halogens is 3. The highest BCUT2D eigenvalue weighted by Crippen LogP contribution is 2.34. The van der Waals surface area contributed by atoms with Crippen LogP contribution in [-0.2, 0) is 16.2 Å². The van der Waals surface area contributed by atoms with E-state index in [0.717, 1.165) is 30.8 Å². The molecule has 6 heteroatoms. The van der Waals surface area contributed by atoms with Crippen LogP contribution in [0, 0.1) is 5.82 Å². The summed E-state index contributed by atoms with van der Waals surface area (Å²) in [5.41, 5.74) is 1.16. The Labute approximate surface area is 126 Å². The van der Waals surface area contributed by atoms with E-state index in [1.54, 1.807) is 6.07 Å². The maximum atomic E-state index is 13.6. The van der Waals surface area contributed by atoms with Crippen LogP contribution in [0.2, 0.25) is 5.02 Å². The van der Waals surface area contributed by atoms with Crippen LogP contribution < -0.4 is 0 Å². The van der Waals surface area contributed by atoms with E-state index in [-0.39, 0.29) is 16.4 Å². The summed E-state index contributed by atoms with van der Waals surface area (Å²) in [6.45, 7) is 3.48. The number of rotatable bonds is 2. The molecule has 1 aliphatic rings. The minimum Gasteiger partial charge on any atom is -0.379 e. The smallest absolute Gasteiger partial charge is 0.144 e. The standard InChI is InChI=1S/C14H15Cl2FN2O/c1-14(3-2-4-20-8-14)19-12-5-9(16)10(17)6-11(12)18-13(19)7-15/h5-6H,2-4,7-8H2,1H3. The molecule has 1 aromatic heterocycles. The highest BCUT2D eigenvalue weighted by Gasteiger charge is 2.33. The Kier molecular flexibility index (Phi) is 3.65. The van der Waals surface area contributed by atoms with Gasteiger partial charge in [0, 0.05) is 12.7 Å². The van der Waals surface area contributed by atoms with Gasteiger partial charge in [0.1, 0.15) is 11.6 Å². The SMILES string of the molecule is CC1(n2c(CCl)nc3cc(F)c(Cl)cc32)CCCOC1. The molecular weight excluding hydrogens is 302 g/mol. The summed E-state index contributed by atoms with van der Waals surface area (Å²) in [5, 5.41) is 0.0973.